The number of rotatable bonds is 5. The van der Waals surface area contributed by atoms with Crippen LogP contribution in [0.15, 0.2) is 36.7 Å². The first-order valence-electron chi connectivity index (χ1n) is 8.76. The van der Waals surface area contributed by atoms with Crippen molar-refractivity contribution in [3.8, 4) is 16.5 Å². The third kappa shape index (κ3) is 3.17. The molecular weight excluding hydrogens is 372 g/mol. The van der Waals surface area contributed by atoms with Crippen LogP contribution in [0.1, 0.15) is 12.0 Å². The Morgan fingerprint density at radius 3 is 3.00 bits per heavy atom. The molecule has 0 unspecified atom stereocenters. The molecule has 4 rings (SSSR count). The molecule has 0 saturated heterocycles. The summed E-state index contributed by atoms with van der Waals surface area (Å²) >= 11 is 1.68. The Balaban J connectivity index is 1.73. The van der Waals surface area contributed by atoms with E-state index < -0.39 is 0 Å². The molecule has 28 heavy (non-hydrogen) atoms. The molecule has 0 atom stereocenters. The average molecular weight is 390 g/mol. The molecule has 8 heteroatoms. The van der Waals surface area contributed by atoms with Crippen molar-refractivity contribution in [2.45, 2.75) is 13.0 Å². The predicted molar refractivity (Wildman–Crippen MR) is 111 cm³/mol. The van der Waals surface area contributed by atoms with Crippen molar-refractivity contribution in [3.63, 3.8) is 0 Å². The lowest BCUT2D eigenvalue weighted by Crippen LogP contribution is -2.21. The highest BCUT2D eigenvalue weighted by Gasteiger charge is 2.15. The van der Waals surface area contributed by atoms with Gasteiger partial charge >= 0.3 is 0 Å². The summed E-state index contributed by atoms with van der Waals surface area (Å²) < 4.78 is 3.11. The Labute approximate surface area is 165 Å². The van der Waals surface area contributed by atoms with Crippen molar-refractivity contribution in [3.05, 3.63) is 42.2 Å². The number of thiophene rings is 1. The molecule has 0 spiro atoms. The minimum absolute atomic E-state index is 0.129. The molecule has 0 bridgehead atoms. The van der Waals surface area contributed by atoms with Crippen LogP contribution in [0.25, 0.3) is 31.7 Å². The monoisotopic (exact) mass is 390 g/mol. The van der Waals surface area contributed by atoms with E-state index in [1.807, 2.05) is 42.9 Å². The number of amides is 1. The maximum absolute atomic E-state index is 11.5. The summed E-state index contributed by atoms with van der Waals surface area (Å²) in [7, 11) is 3.83. The van der Waals surface area contributed by atoms with Gasteiger partial charge in [-0.3, -0.25) is 4.79 Å². The summed E-state index contributed by atoms with van der Waals surface area (Å²) in [5, 5.41) is 14.5. The van der Waals surface area contributed by atoms with Gasteiger partial charge in [-0.2, -0.15) is 5.26 Å². The summed E-state index contributed by atoms with van der Waals surface area (Å²) in [6, 6.07) is 12.0. The van der Waals surface area contributed by atoms with E-state index in [0.717, 1.165) is 43.1 Å². The lowest BCUT2D eigenvalue weighted by molar-refractivity contribution is -0.120. The Morgan fingerprint density at radius 1 is 1.36 bits per heavy atom. The Kier molecular flexibility index (Phi) is 4.67. The number of carbonyl (C=O) groups is 1. The number of nitriles is 1. The van der Waals surface area contributed by atoms with Crippen molar-refractivity contribution >= 4 is 44.3 Å². The molecule has 0 radical (unpaired) electrons. The number of nitrogens with zero attached hydrogens (tertiary/aromatic N) is 4. The number of aromatic nitrogens is 3. The zero-order valence-electron chi connectivity index (χ0n) is 15.5. The van der Waals surface area contributed by atoms with Crippen LogP contribution in [-0.2, 0) is 18.4 Å². The normalized spacial score (nSPS) is 10.9. The predicted octanol–water partition coefficient (Wildman–Crippen LogP) is 3.42. The van der Waals surface area contributed by atoms with Crippen molar-refractivity contribution in [2.75, 3.05) is 12.4 Å². The van der Waals surface area contributed by atoms with E-state index >= 15 is 0 Å². The standard InChI is InChI=1S/C20H18N6OS/c1-22-20-17-18(26(2)11-24-17)19-14(25-20)9-15(28-19)13-5-3-4-12(8-13)10-23-16(27)6-7-21/h3-5,8-9,11H,6,10H2,1-2H3,(H,22,25)(H,23,27). The summed E-state index contributed by atoms with van der Waals surface area (Å²) in [6.07, 6.45) is 1.67. The van der Waals surface area contributed by atoms with Gasteiger partial charge in [-0.1, -0.05) is 18.2 Å². The zero-order valence-corrected chi connectivity index (χ0v) is 16.3. The molecule has 4 aromatic rings. The van der Waals surface area contributed by atoms with Crippen LogP contribution in [0.2, 0.25) is 0 Å². The third-order valence-corrected chi connectivity index (χ3v) is 5.68. The van der Waals surface area contributed by atoms with Crippen LogP contribution < -0.4 is 10.6 Å². The van der Waals surface area contributed by atoms with Crippen LogP contribution in [-0.4, -0.2) is 27.5 Å². The van der Waals surface area contributed by atoms with Crippen LogP contribution >= 0.6 is 11.3 Å². The van der Waals surface area contributed by atoms with Crippen molar-refractivity contribution < 1.29 is 4.79 Å². The van der Waals surface area contributed by atoms with Gasteiger partial charge < -0.3 is 15.2 Å². The van der Waals surface area contributed by atoms with Crippen molar-refractivity contribution in [1.82, 2.24) is 19.9 Å². The lowest BCUT2D eigenvalue weighted by atomic mass is 10.1. The van der Waals surface area contributed by atoms with E-state index in [4.69, 9.17) is 10.2 Å². The second kappa shape index (κ2) is 7.29. The summed E-state index contributed by atoms with van der Waals surface area (Å²) in [6.45, 7) is 0.396. The number of nitrogens with one attached hydrogen (secondary N) is 2. The molecule has 0 aliphatic carbocycles. The molecule has 3 aromatic heterocycles. The summed E-state index contributed by atoms with van der Waals surface area (Å²) in [4.78, 5) is 21.8. The van der Waals surface area contributed by atoms with E-state index in [9.17, 15) is 4.79 Å². The van der Waals surface area contributed by atoms with E-state index in [1.165, 1.54) is 0 Å². The third-order valence-electron chi connectivity index (χ3n) is 4.50. The SMILES string of the molecule is CNc1nc2cc(-c3cccc(CNC(=O)CC#N)c3)sc2c2c1ncn2C. The number of pyridine rings is 1. The van der Waals surface area contributed by atoms with Gasteiger partial charge in [-0.05, 0) is 23.3 Å². The van der Waals surface area contributed by atoms with Gasteiger partial charge in [0.05, 0.1) is 28.1 Å². The van der Waals surface area contributed by atoms with Gasteiger partial charge in [0.1, 0.15) is 11.9 Å². The number of anilines is 1. The van der Waals surface area contributed by atoms with Crippen LogP contribution in [0, 0.1) is 11.3 Å². The number of aryl methyl sites for hydroxylation is 1. The highest BCUT2D eigenvalue weighted by Crippen LogP contribution is 2.38. The number of benzene rings is 1. The summed E-state index contributed by atoms with van der Waals surface area (Å²) in [5.41, 5.74) is 4.89. The fraction of sp³-hybridized carbons (Fsp3) is 0.200. The Morgan fingerprint density at radius 2 is 2.21 bits per heavy atom. The fourth-order valence-electron chi connectivity index (χ4n) is 3.16. The first-order chi connectivity index (χ1) is 13.6. The highest BCUT2D eigenvalue weighted by molar-refractivity contribution is 7.23. The maximum atomic E-state index is 11.5. The Bertz CT molecular complexity index is 1230. The second-order valence-electron chi connectivity index (χ2n) is 6.40. The van der Waals surface area contributed by atoms with E-state index in [2.05, 4.69) is 27.8 Å². The number of hydrogen-bond donors (Lipinski definition) is 2. The minimum atomic E-state index is -0.267. The fourth-order valence-corrected chi connectivity index (χ4v) is 4.35. The smallest absolute Gasteiger partial charge is 0.234 e. The molecule has 1 aromatic carbocycles. The van der Waals surface area contributed by atoms with E-state index in [1.54, 1.807) is 17.7 Å². The molecule has 140 valence electrons. The number of imidazole rings is 1. The highest BCUT2D eigenvalue weighted by atomic mass is 32.1. The van der Waals surface area contributed by atoms with Gasteiger partial charge in [0.25, 0.3) is 0 Å². The molecule has 0 saturated carbocycles. The van der Waals surface area contributed by atoms with Gasteiger partial charge in [0.2, 0.25) is 5.91 Å². The van der Waals surface area contributed by atoms with Gasteiger partial charge in [-0.25, -0.2) is 9.97 Å². The first-order valence-corrected chi connectivity index (χ1v) is 9.57. The molecule has 1 amide bonds. The van der Waals surface area contributed by atoms with Gasteiger partial charge in [-0.15, -0.1) is 11.3 Å². The number of fused-ring (bicyclic) bond motifs is 3. The number of carbonyl (C=O) groups excluding carboxylic acids is 1. The molecule has 0 aliphatic rings. The minimum Gasteiger partial charge on any atom is -0.371 e. The Hall–Kier alpha value is -3.44. The van der Waals surface area contributed by atoms with E-state index in [0.29, 0.717) is 6.54 Å². The van der Waals surface area contributed by atoms with Gasteiger partial charge in [0.15, 0.2) is 5.82 Å². The van der Waals surface area contributed by atoms with Crippen LogP contribution in [0.3, 0.4) is 0 Å². The average Bonchev–Trinajstić information content (AvgIpc) is 3.30. The topological polar surface area (TPSA) is 95.6 Å². The van der Waals surface area contributed by atoms with E-state index in [-0.39, 0.29) is 12.3 Å². The molecule has 2 N–H and O–H groups in total. The van der Waals surface area contributed by atoms with Gasteiger partial charge in [0, 0.05) is 25.5 Å². The summed E-state index contributed by atoms with van der Waals surface area (Å²) in [5.74, 6) is 0.499. The largest absolute Gasteiger partial charge is 0.371 e. The quantitative estimate of drug-likeness (QED) is 0.544. The van der Waals surface area contributed by atoms with Crippen LogP contribution in [0.5, 0.6) is 0 Å². The molecular formula is C20H18N6OS. The number of hydrogen-bond acceptors (Lipinski definition) is 6. The molecule has 3 heterocycles. The van der Waals surface area contributed by atoms with Crippen molar-refractivity contribution in [1.29, 1.82) is 5.26 Å². The lowest BCUT2D eigenvalue weighted by Gasteiger charge is -2.05. The van der Waals surface area contributed by atoms with Crippen molar-refractivity contribution in [2.24, 2.45) is 7.05 Å². The zero-order chi connectivity index (χ0) is 19.7. The first kappa shape index (κ1) is 17.9. The second-order valence-corrected chi connectivity index (χ2v) is 7.45. The molecule has 0 aliphatic heterocycles. The maximum Gasteiger partial charge on any atom is 0.234 e. The molecule has 7 nitrogen and oxygen atoms in total. The molecule has 0 fully saturated rings. The van der Waals surface area contributed by atoms with Crippen LogP contribution in [0.4, 0.5) is 5.82 Å².